The standard InChI is InChI=1S/C10H17N3O3/c1-2-15-10(14)7-16-9-6-4-3-5-8(9)12-13-11/h8-9H,2-7H2,1H3/t8-,9-/m1/s1. The van der Waals surface area contributed by atoms with Crippen LogP contribution >= 0.6 is 0 Å². The fraction of sp³-hybridized carbons (Fsp3) is 0.900. The number of rotatable bonds is 5. The largest absolute Gasteiger partial charge is 0.464 e. The van der Waals surface area contributed by atoms with Gasteiger partial charge in [0.1, 0.15) is 6.61 Å². The molecule has 0 bridgehead atoms. The summed E-state index contributed by atoms with van der Waals surface area (Å²) in [6.07, 6.45) is 3.61. The van der Waals surface area contributed by atoms with Crippen LogP contribution in [0.5, 0.6) is 0 Å². The van der Waals surface area contributed by atoms with Gasteiger partial charge in [0, 0.05) is 4.91 Å². The van der Waals surface area contributed by atoms with Crippen LogP contribution in [0.3, 0.4) is 0 Å². The van der Waals surface area contributed by atoms with Crippen molar-refractivity contribution < 1.29 is 14.3 Å². The second-order valence-electron chi connectivity index (χ2n) is 3.71. The maximum absolute atomic E-state index is 11.1. The zero-order chi connectivity index (χ0) is 11.8. The summed E-state index contributed by atoms with van der Waals surface area (Å²) in [5, 5.41) is 3.69. The highest BCUT2D eigenvalue weighted by molar-refractivity contribution is 5.70. The lowest BCUT2D eigenvalue weighted by molar-refractivity contribution is -0.151. The number of carbonyl (C=O) groups excluding carboxylic acids is 1. The summed E-state index contributed by atoms with van der Waals surface area (Å²) in [4.78, 5) is 13.9. The van der Waals surface area contributed by atoms with Crippen LogP contribution in [-0.4, -0.2) is 31.3 Å². The highest BCUT2D eigenvalue weighted by atomic mass is 16.6. The van der Waals surface area contributed by atoms with E-state index in [9.17, 15) is 4.79 Å². The van der Waals surface area contributed by atoms with Crippen molar-refractivity contribution in [3.8, 4) is 0 Å². The molecule has 6 nitrogen and oxygen atoms in total. The third-order valence-corrected chi connectivity index (χ3v) is 2.59. The first kappa shape index (κ1) is 12.8. The molecular formula is C10H17N3O3. The molecule has 16 heavy (non-hydrogen) atoms. The van der Waals surface area contributed by atoms with Crippen molar-refractivity contribution in [3.05, 3.63) is 10.4 Å². The fourth-order valence-electron chi connectivity index (χ4n) is 1.85. The summed E-state index contributed by atoms with van der Waals surface area (Å²) in [6.45, 7) is 2.05. The summed E-state index contributed by atoms with van der Waals surface area (Å²) >= 11 is 0. The van der Waals surface area contributed by atoms with Crippen LogP contribution in [-0.2, 0) is 14.3 Å². The Morgan fingerprint density at radius 3 is 2.94 bits per heavy atom. The molecule has 1 aliphatic rings. The number of esters is 1. The third kappa shape index (κ3) is 4.08. The Labute approximate surface area is 94.5 Å². The van der Waals surface area contributed by atoms with E-state index in [0.717, 1.165) is 25.7 Å². The maximum Gasteiger partial charge on any atom is 0.332 e. The number of ether oxygens (including phenoxy) is 2. The van der Waals surface area contributed by atoms with Crippen LogP contribution in [0.15, 0.2) is 5.11 Å². The lowest BCUT2D eigenvalue weighted by atomic mass is 9.93. The molecule has 0 aliphatic heterocycles. The summed E-state index contributed by atoms with van der Waals surface area (Å²) in [5.41, 5.74) is 8.41. The summed E-state index contributed by atoms with van der Waals surface area (Å²) < 4.78 is 10.2. The van der Waals surface area contributed by atoms with Gasteiger partial charge in [-0.25, -0.2) is 4.79 Å². The molecule has 1 aliphatic carbocycles. The van der Waals surface area contributed by atoms with Gasteiger partial charge in [0.05, 0.1) is 18.8 Å². The molecule has 6 heteroatoms. The first-order valence-electron chi connectivity index (χ1n) is 5.59. The summed E-state index contributed by atoms with van der Waals surface area (Å²) in [7, 11) is 0. The minimum Gasteiger partial charge on any atom is -0.464 e. The Morgan fingerprint density at radius 1 is 1.50 bits per heavy atom. The van der Waals surface area contributed by atoms with Crippen molar-refractivity contribution in [2.24, 2.45) is 5.11 Å². The van der Waals surface area contributed by atoms with Crippen molar-refractivity contribution in [2.45, 2.75) is 44.8 Å². The minimum absolute atomic E-state index is 0.0596. The topological polar surface area (TPSA) is 84.3 Å². The van der Waals surface area contributed by atoms with Crippen molar-refractivity contribution in [1.29, 1.82) is 0 Å². The molecule has 0 saturated heterocycles. The number of azide groups is 1. The van der Waals surface area contributed by atoms with E-state index >= 15 is 0 Å². The van der Waals surface area contributed by atoms with Gasteiger partial charge in [0.15, 0.2) is 0 Å². The zero-order valence-corrected chi connectivity index (χ0v) is 9.46. The molecule has 0 unspecified atom stereocenters. The van der Waals surface area contributed by atoms with Crippen molar-refractivity contribution in [1.82, 2.24) is 0 Å². The molecule has 1 saturated carbocycles. The molecule has 90 valence electrons. The lowest BCUT2D eigenvalue weighted by Gasteiger charge is -2.27. The maximum atomic E-state index is 11.1. The van der Waals surface area contributed by atoms with E-state index < -0.39 is 0 Å². The number of hydrogen-bond donors (Lipinski definition) is 0. The van der Waals surface area contributed by atoms with Gasteiger partial charge >= 0.3 is 5.97 Å². The molecule has 0 N–H and O–H groups in total. The molecule has 2 atom stereocenters. The minimum atomic E-state index is -0.368. The molecule has 0 aromatic carbocycles. The first-order chi connectivity index (χ1) is 7.77. The highest BCUT2D eigenvalue weighted by Crippen LogP contribution is 2.23. The zero-order valence-electron chi connectivity index (χ0n) is 9.46. The Kier molecular flexibility index (Phi) is 5.67. The van der Waals surface area contributed by atoms with Crippen LogP contribution in [0.2, 0.25) is 0 Å². The molecule has 1 fully saturated rings. The molecular weight excluding hydrogens is 210 g/mol. The van der Waals surface area contributed by atoms with Gasteiger partial charge in [-0.3, -0.25) is 0 Å². The van der Waals surface area contributed by atoms with Crippen LogP contribution in [0, 0.1) is 0 Å². The van der Waals surface area contributed by atoms with Gasteiger partial charge in [-0.15, -0.1) is 0 Å². The first-order valence-corrected chi connectivity index (χ1v) is 5.59. The molecule has 0 amide bonds. The monoisotopic (exact) mass is 227 g/mol. The third-order valence-electron chi connectivity index (χ3n) is 2.59. The predicted molar refractivity (Wildman–Crippen MR) is 57.8 cm³/mol. The Bertz CT molecular complexity index is 276. The van der Waals surface area contributed by atoms with Gasteiger partial charge in [-0.05, 0) is 25.3 Å². The fourth-order valence-corrected chi connectivity index (χ4v) is 1.85. The van der Waals surface area contributed by atoms with E-state index in [1.807, 2.05) is 0 Å². The van der Waals surface area contributed by atoms with Crippen LogP contribution in [0.4, 0.5) is 0 Å². The average Bonchev–Trinajstić information content (AvgIpc) is 2.29. The molecule has 1 rings (SSSR count). The van der Waals surface area contributed by atoms with Crippen LogP contribution in [0.25, 0.3) is 10.4 Å². The molecule has 0 aromatic heterocycles. The smallest absolute Gasteiger partial charge is 0.332 e. The lowest BCUT2D eigenvalue weighted by Crippen LogP contribution is -2.32. The highest BCUT2D eigenvalue weighted by Gasteiger charge is 2.25. The second kappa shape index (κ2) is 7.09. The number of nitrogens with zero attached hydrogens (tertiary/aromatic N) is 3. The summed E-state index contributed by atoms with van der Waals surface area (Å²) in [5.74, 6) is -0.368. The number of hydrogen-bond acceptors (Lipinski definition) is 4. The van der Waals surface area contributed by atoms with Gasteiger partial charge in [0.25, 0.3) is 0 Å². The molecule has 0 heterocycles. The second-order valence-corrected chi connectivity index (χ2v) is 3.71. The van der Waals surface area contributed by atoms with E-state index in [-0.39, 0.29) is 24.7 Å². The Balaban J connectivity index is 2.37. The van der Waals surface area contributed by atoms with Gasteiger partial charge in [0.2, 0.25) is 0 Å². The van der Waals surface area contributed by atoms with E-state index in [1.165, 1.54) is 0 Å². The normalized spacial score (nSPS) is 24.6. The van der Waals surface area contributed by atoms with Crippen molar-refractivity contribution >= 4 is 5.97 Å². The van der Waals surface area contributed by atoms with E-state index in [0.29, 0.717) is 6.61 Å². The quantitative estimate of drug-likeness (QED) is 0.312. The molecule has 0 aromatic rings. The summed E-state index contributed by atoms with van der Waals surface area (Å²) in [6, 6.07) is -0.145. The van der Waals surface area contributed by atoms with Gasteiger partial charge in [-0.1, -0.05) is 18.0 Å². The van der Waals surface area contributed by atoms with E-state index in [1.54, 1.807) is 6.92 Å². The van der Waals surface area contributed by atoms with Crippen molar-refractivity contribution in [2.75, 3.05) is 13.2 Å². The Morgan fingerprint density at radius 2 is 2.25 bits per heavy atom. The van der Waals surface area contributed by atoms with E-state index in [4.69, 9.17) is 15.0 Å². The van der Waals surface area contributed by atoms with E-state index in [2.05, 4.69) is 10.0 Å². The van der Waals surface area contributed by atoms with Crippen molar-refractivity contribution in [3.63, 3.8) is 0 Å². The van der Waals surface area contributed by atoms with Gasteiger partial charge < -0.3 is 9.47 Å². The predicted octanol–water partition coefficient (Wildman–Crippen LogP) is 2.19. The molecule has 0 spiro atoms. The average molecular weight is 227 g/mol. The Hall–Kier alpha value is -1.26. The number of carbonyl (C=O) groups is 1. The molecule has 0 radical (unpaired) electrons. The van der Waals surface area contributed by atoms with Gasteiger partial charge in [-0.2, -0.15) is 0 Å². The SMILES string of the molecule is CCOC(=O)CO[C@@H]1CCCC[C@H]1N=[N+]=[N-]. The van der Waals surface area contributed by atoms with Crippen LogP contribution in [0.1, 0.15) is 32.6 Å². The van der Waals surface area contributed by atoms with Crippen LogP contribution < -0.4 is 0 Å².